The molecule has 1 amide bonds. The Morgan fingerprint density at radius 3 is 2.59 bits per heavy atom. The fourth-order valence-electron chi connectivity index (χ4n) is 5.28. The molecule has 7 nitrogen and oxygen atoms in total. The summed E-state index contributed by atoms with van der Waals surface area (Å²) in [5, 5.41) is 0. The van der Waals surface area contributed by atoms with E-state index in [1.54, 1.807) is 6.07 Å². The zero-order valence-corrected chi connectivity index (χ0v) is 20.4. The highest BCUT2D eigenvalue weighted by atomic mass is 16.5. The smallest absolute Gasteiger partial charge is 0.271 e. The van der Waals surface area contributed by atoms with Gasteiger partial charge < -0.3 is 14.5 Å². The molecular weight excluding hydrogens is 402 g/mol. The van der Waals surface area contributed by atoms with Gasteiger partial charge in [-0.15, -0.1) is 4.98 Å². The number of pyridine rings is 1. The molecule has 0 bridgehead atoms. The second kappa shape index (κ2) is 10.3. The minimum Gasteiger partial charge on any atom is -0.375 e. The van der Waals surface area contributed by atoms with E-state index in [1.165, 1.54) is 0 Å². The number of carbonyl (C=O) groups is 1. The van der Waals surface area contributed by atoms with Crippen LogP contribution < -0.4 is 4.90 Å². The van der Waals surface area contributed by atoms with E-state index in [2.05, 4.69) is 47.3 Å². The van der Waals surface area contributed by atoms with Crippen molar-refractivity contribution in [2.75, 3.05) is 50.8 Å². The second-order valence-electron chi connectivity index (χ2n) is 10.2. The first kappa shape index (κ1) is 24.6. The van der Waals surface area contributed by atoms with Gasteiger partial charge in [0.05, 0.1) is 5.60 Å². The Morgan fingerprint density at radius 1 is 1.28 bits per heavy atom. The topological polar surface area (TPSA) is 53.3 Å². The van der Waals surface area contributed by atoms with Gasteiger partial charge in [-0.25, -0.2) is 0 Å². The summed E-state index contributed by atoms with van der Waals surface area (Å²) in [4.78, 5) is 28.0. The van der Waals surface area contributed by atoms with E-state index in [1.807, 2.05) is 24.0 Å². The van der Waals surface area contributed by atoms with Crippen LogP contribution in [0.1, 0.15) is 53.9 Å². The van der Waals surface area contributed by atoms with Crippen LogP contribution in [-0.4, -0.2) is 77.7 Å². The summed E-state index contributed by atoms with van der Waals surface area (Å²) in [6.45, 7) is 24.5. The van der Waals surface area contributed by atoms with Gasteiger partial charge in [0.2, 0.25) is 11.7 Å². The number of amides is 1. The highest BCUT2D eigenvalue weighted by Crippen LogP contribution is 2.39. The zero-order valence-electron chi connectivity index (χ0n) is 20.4. The number of carbonyl (C=O) groups excluding carboxylic acids is 1. The molecule has 1 aromatic rings. The van der Waals surface area contributed by atoms with Crippen molar-refractivity contribution >= 4 is 17.5 Å². The fraction of sp³-hybridized carbons (Fsp3) is 0.720. The van der Waals surface area contributed by atoms with E-state index in [0.29, 0.717) is 37.1 Å². The van der Waals surface area contributed by atoms with Gasteiger partial charge in [0.15, 0.2) is 0 Å². The monoisotopic (exact) mass is 441 g/mol. The highest BCUT2D eigenvalue weighted by molar-refractivity contribution is 5.92. The molecule has 1 atom stereocenters. The van der Waals surface area contributed by atoms with Crippen molar-refractivity contribution < 1.29 is 9.53 Å². The Hall–Kier alpha value is -2.01. The summed E-state index contributed by atoms with van der Waals surface area (Å²) in [6, 6.07) is 5.35. The van der Waals surface area contributed by atoms with Crippen LogP contribution in [0, 0.1) is 12.5 Å². The molecule has 176 valence electrons. The molecule has 0 N–H and O–H groups in total. The Kier molecular flexibility index (Phi) is 7.92. The lowest BCUT2D eigenvalue weighted by Gasteiger charge is -2.54. The predicted molar refractivity (Wildman–Crippen MR) is 128 cm³/mol. The molecule has 1 aromatic heterocycles. The lowest BCUT2D eigenvalue weighted by molar-refractivity contribution is -0.130. The van der Waals surface area contributed by atoms with Gasteiger partial charge in [0.25, 0.3) is 5.82 Å². The van der Waals surface area contributed by atoms with Crippen molar-refractivity contribution in [1.29, 1.82) is 0 Å². The van der Waals surface area contributed by atoms with E-state index >= 15 is 0 Å². The Balaban J connectivity index is 1.90. The average molecular weight is 442 g/mol. The highest BCUT2D eigenvalue weighted by Gasteiger charge is 2.47. The molecule has 2 fully saturated rings. The van der Waals surface area contributed by atoms with Crippen molar-refractivity contribution in [3.63, 3.8) is 0 Å². The Morgan fingerprint density at radius 2 is 2.00 bits per heavy atom. The summed E-state index contributed by atoms with van der Waals surface area (Å²) in [5.74, 6) is 1.60. The lowest BCUT2D eigenvalue weighted by atomic mass is 9.78. The van der Waals surface area contributed by atoms with Crippen LogP contribution in [0.15, 0.2) is 18.2 Å². The van der Waals surface area contributed by atoms with Crippen LogP contribution in [0.5, 0.6) is 0 Å². The standard InChI is InChI=1S/C25H39N5O2/c1-7-23(31)30(22-10-8-9-21(26-6)27-22)19-25(11-16-32-24(4,5)18-25)29-14-12-28(13-15-29)17-20(2)3/h8-10,20H,7,11-19H2,1-5H3. The molecule has 1 unspecified atom stereocenters. The van der Waals surface area contributed by atoms with Crippen LogP contribution in [0.2, 0.25) is 0 Å². The summed E-state index contributed by atoms with van der Waals surface area (Å²) in [6.07, 6.45) is 2.15. The third-order valence-electron chi connectivity index (χ3n) is 6.65. The average Bonchev–Trinajstić information content (AvgIpc) is 2.76. The summed E-state index contributed by atoms with van der Waals surface area (Å²) in [7, 11) is 0. The summed E-state index contributed by atoms with van der Waals surface area (Å²) in [5.41, 5.74) is -0.424. The number of anilines is 1. The van der Waals surface area contributed by atoms with Crippen LogP contribution in [0.25, 0.3) is 4.85 Å². The van der Waals surface area contributed by atoms with Crippen LogP contribution >= 0.6 is 0 Å². The van der Waals surface area contributed by atoms with Gasteiger partial charge in [-0.2, -0.15) is 0 Å². The van der Waals surface area contributed by atoms with Crippen molar-refractivity contribution in [2.45, 2.75) is 65.0 Å². The first-order valence-corrected chi connectivity index (χ1v) is 11.9. The molecule has 2 saturated heterocycles. The SMILES string of the molecule is [C-]#[N+]c1cccc(N(CC2(N3CCN(CC(C)C)CC3)CCOC(C)(C)C2)C(=O)CC)n1. The van der Waals surface area contributed by atoms with E-state index in [4.69, 9.17) is 11.3 Å². The Labute approximate surface area is 193 Å². The summed E-state index contributed by atoms with van der Waals surface area (Å²) >= 11 is 0. The van der Waals surface area contributed by atoms with Crippen molar-refractivity contribution in [1.82, 2.24) is 14.8 Å². The Bertz CT molecular complexity index is 826. The van der Waals surface area contributed by atoms with Gasteiger partial charge in [0, 0.05) is 63.9 Å². The molecule has 7 heteroatoms. The molecule has 0 radical (unpaired) electrons. The van der Waals surface area contributed by atoms with Crippen molar-refractivity contribution in [3.8, 4) is 0 Å². The lowest BCUT2D eigenvalue weighted by Crippen LogP contribution is -2.66. The predicted octanol–water partition coefficient (Wildman–Crippen LogP) is 3.98. The minimum atomic E-state index is -0.250. The number of rotatable bonds is 7. The molecular formula is C25H39N5O2. The van der Waals surface area contributed by atoms with Gasteiger partial charge in [-0.05, 0) is 38.7 Å². The second-order valence-corrected chi connectivity index (χ2v) is 10.2. The van der Waals surface area contributed by atoms with E-state index < -0.39 is 0 Å². The zero-order chi connectivity index (χ0) is 23.4. The minimum absolute atomic E-state index is 0.0433. The van der Waals surface area contributed by atoms with E-state index in [9.17, 15) is 4.79 Å². The van der Waals surface area contributed by atoms with Crippen LogP contribution in [-0.2, 0) is 9.53 Å². The maximum atomic E-state index is 13.1. The van der Waals surface area contributed by atoms with Crippen molar-refractivity contribution in [3.05, 3.63) is 29.6 Å². The van der Waals surface area contributed by atoms with Gasteiger partial charge in [0.1, 0.15) is 0 Å². The molecule has 0 saturated carbocycles. The third kappa shape index (κ3) is 5.86. The molecule has 32 heavy (non-hydrogen) atoms. The first-order valence-electron chi connectivity index (χ1n) is 11.9. The van der Waals surface area contributed by atoms with Gasteiger partial charge in [-0.1, -0.05) is 33.4 Å². The maximum Gasteiger partial charge on any atom is 0.271 e. The summed E-state index contributed by atoms with van der Waals surface area (Å²) < 4.78 is 6.10. The van der Waals surface area contributed by atoms with Gasteiger partial charge in [-0.3, -0.25) is 14.6 Å². The molecule has 3 heterocycles. The normalized spacial score (nSPS) is 24.3. The largest absolute Gasteiger partial charge is 0.375 e. The number of hydrogen-bond donors (Lipinski definition) is 0. The van der Waals surface area contributed by atoms with Crippen LogP contribution in [0.4, 0.5) is 11.6 Å². The molecule has 0 aromatic carbocycles. The number of ether oxygens (including phenoxy) is 1. The number of aromatic nitrogens is 1. The van der Waals surface area contributed by atoms with Crippen LogP contribution in [0.3, 0.4) is 0 Å². The molecule has 2 aliphatic heterocycles. The molecule has 3 rings (SSSR count). The fourth-order valence-corrected chi connectivity index (χ4v) is 5.28. The quantitative estimate of drug-likeness (QED) is 0.599. The van der Waals surface area contributed by atoms with Gasteiger partial charge >= 0.3 is 0 Å². The molecule has 2 aliphatic rings. The van der Waals surface area contributed by atoms with Crippen molar-refractivity contribution in [2.24, 2.45) is 5.92 Å². The number of hydrogen-bond acceptors (Lipinski definition) is 5. The molecule has 0 aliphatic carbocycles. The molecule has 0 spiro atoms. The van der Waals surface area contributed by atoms with E-state index in [0.717, 1.165) is 45.6 Å². The first-order chi connectivity index (χ1) is 15.2. The third-order valence-corrected chi connectivity index (χ3v) is 6.65. The maximum absolute atomic E-state index is 13.1. The number of piperazine rings is 1. The number of nitrogens with zero attached hydrogens (tertiary/aromatic N) is 5. The van der Waals surface area contributed by atoms with E-state index in [-0.39, 0.29) is 17.0 Å².